The van der Waals surface area contributed by atoms with Gasteiger partial charge in [0.15, 0.2) is 0 Å². The molecule has 0 aliphatic carbocycles. The number of para-hydroxylation sites is 1. The summed E-state index contributed by atoms with van der Waals surface area (Å²) in [6.45, 7) is 0. The van der Waals surface area contributed by atoms with Crippen LogP contribution in [0.4, 0.5) is 10.1 Å². The maximum atomic E-state index is 13.4. The van der Waals surface area contributed by atoms with Gasteiger partial charge < -0.3 is 5.73 Å². The molecule has 1 aromatic carbocycles. The molecule has 0 unspecified atom stereocenters. The van der Waals surface area contributed by atoms with Gasteiger partial charge in [0, 0.05) is 11.8 Å². The van der Waals surface area contributed by atoms with Crippen molar-refractivity contribution >= 4 is 27.4 Å². The zero-order valence-corrected chi connectivity index (χ0v) is 9.54. The third-order valence-electron chi connectivity index (χ3n) is 2.45. The maximum absolute atomic E-state index is 13.4. The number of thiazole rings is 1. The summed E-state index contributed by atoms with van der Waals surface area (Å²) in [5.74, 6) is -0.422. The smallest absolute Gasteiger partial charge is 0.146 e. The third kappa shape index (κ3) is 1.64. The summed E-state index contributed by atoms with van der Waals surface area (Å²) in [6.07, 6.45) is 1.71. The van der Waals surface area contributed by atoms with Crippen LogP contribution in [0.25, 0.3) is 20.9 Å². The van der Waals surface area contributed by atoms with Gasteiger partial charge in [-0.1, -0.05) is 17.4 Å². The Morgan fingerprint density at radius 3 is 2.88 bits per heavy atom. The fourth-order valence-electron chi connectivity index (χ4n) is 1.61. The fraction of sp³-hybridized carbons (Fsp3) is 0. The Balaban J connectivity index is 2.24. The van der Waals surface area contributed by atoms with E-state index in [9.17, 15) is 4.39 Å². The number of nitrogens with two attached hydrogens (primary N) is 1. The van der Waals surface area contributed by atoms with Crippen LogP contribution < -0.4 is 5.73 Å². The fourth-order valence-corrected chi connectivity index (χ4v) is 2.56. The number of benzene rings is 1. The van der Waals surface area contributed by atoms with Crippen LogP contribution in [0.1, 0.15) is 0 Å². The first-order valence-electron chi connectivity index (χ1n) is 5.01. The van der Waals surface area contributed by atoms with Gasteiger partial charge in [-0.3, -0.25) is 0 Å². The van der Waals surface area contributed by atoms with Crippen LogP contribution in [0.2, 0.25) is 0 Å². The predicted molar refractivity (Wildman–Crippen MR) is 67.2 cm³/mol. The number of hydrogen-bond donors (Lipinski definition) is 1. The van der Waals surface area contributed by atoms with E-state index in [0.717, 1.165) is 10.3 Å². The van der Waals surface area contributed by atoms with Gasteiger partial charge in [-0.05, 0) is 24.3 Å². The highest BCUT2D eigenvalue weighted by atomic mass is 32.1. The van der Waals surface area contributed by atoms with Crippen molar-refractivity contribution in [2.75, 3.05) is 5.73 Å². The second kappa shape index (κ2) is 3.78. The molecule has 0 radical (unpaired) electrons. The van der Waals surface area contributed by atoms with E-state index >= 15 is 0 Å². The zero-order chi connectivity index (χ0) is 11.8. The van der Waals surface area contributed by atoms with Gasteiger partial charge in [0.2, 0.25) is 0 Å². The van der Waals surface area contributed by atoms with Gasteiger partial charge in [-0.2, -0.15) is 0 Å². The first-order chi connectivity index (χ1) is 8.25. The molecule has 2 aromatic heterocycles. The lowest BCUT2D eigenvalue weighted by molar-refractivity contribution is 0.633. The molecule has 5 heteroatoms. The highest BCUT2D eigenvalue weighted by Gasteiger charge is 2.11. The van der Waals surface area contributed by atoms with Gasteiger partial charge in [-0.15, -0.1) is 0 Å². The lowest BCUT2D eigenvalue weighted by Crippen LogP contribution is -1.93. The van der Waals surface area contributed by atoms with Crippen LogP contribution in [0.5, 0.6) is 0 Å². The quantitative estimate of drug-likeness (QED) is 0.670. The van der Waals surface area contributed by atoms with Gasteiger partial charge >= 0.3 is 0 Å². The average molecular weight is 245 g/mol. The normalized spacial score (nSPS) is 10.9. The lowest BCUT2D eigenvalue weighted by Gasteiger charge is -2.01. The maximum Gasteiger partial charge on any atom is 0.146 e. The lowest BCUT2D eigenvalue weighted by atomic mass is 10.2. The van der Waals surface area contributed by atoms with Crippen molar-refractivity contribution in [3.05, 3.63) is 42.3 Å². The van der Waals surface area contributed by atoms with Crippen molar-refractivity contribution in [2.24, 2.45) is 0 Å². The highest BCUT2D eigenvalue weighted by Crippen LogP contribution is 2.33. The molecule has 0 fully saturated rings. The molecule has 3 rings (SSSR count). The van der Waals surface area contributed by atoms with Crippen LogP contribution in [-0.4, -0.2) is 9.97 Å². The monoisotopic (exact) mass is 245 g/mol. The molecule has 0 atom stereocenters. The Morgan fingerprint density at radius 2 is 2.06 bits per heavy atom. The molecule has 0 saturated carbocycles. The first kappa shape index (κ1) is 10.2. The van der Waals surface area contributed by atoms with Crippen molar-refractivity contribution in [3.63, 3.8) is 0 Å². The number of pyridine rings is 1. The van der Waals surface area contributed by atoms with E-state index < -0.39 is 5.82 Å². The minimum absolute atomic E-state index is 0.131. The summed E-state index contributed by atoms with van der Waals surface area (Å²) in [6, 6.07) is 8.42. The molecule has 0 spiro atoms. The van der Waals surface area contributed by atoms with Crippen molar-refractivity contribution in [1.29, 1.82) is 0 Å². The Kier molecular flexibility index (Phi) is 2.26. The Labute approximate surface area is 101 Å². The summed E-state index contributed by atoms with van der Waals surface area (Å²) in [4.78, 5) is 9.42. The van der Waals surface area contributed by atoms with E-state index in [0.29, 0.717) is 10.6 Å². The van der Waals surface area contributed by atoms with E-state index in [-0.39, 0.29) is 5.69 Å². The van der Waals surface area contributed by atoms with Crippen LogP contribution in [0, 0.1) is 5.82 Å². The minimum Gasteiger partial charge on any atom is -0.396 e. The molecular formula is C12H8FN3S. The van der Waals surface area contributed by atoms with Crippen molar-refractivity contribution < 1.29 is 4.39 Å². The molecule has 0 bridgehead atoms. The topological polar surface area (TPSA) is 51.8 Å². The predicted octanol–water partition coefficient (Wildman–Crippen LogP) is 3.08. The van der Waals surface area contributed by atoms with E-state index in [4.69, 9.17) is 5.73 Å². The van der Waals surface area contributed by atoms with Crippen LogP contribution in [-0.2, 0) is 0 Å². The van der Waals surface area contributed by atoms with E-state index in [2.05, 4.69) is 9.97 Å². The Bertz CT molecular complexity index is 660. The second-order valence-corrected chi connectivity index (χ2v) is 4.53. The summed E-state index contributed by atoms with van der Waals surface area (Å²) in [5, 5.41) is 0.690. The molecule has 2 N–H and O–H groups in total. The molecule has 0 amide bonds. The molecular weight excluding hydrogens is 237 g/mol. The molecule has 3 aromatic rings. The number of halogens is 1. The van der Waals surface area contributed by atoms with Gasteiger partial charge in [-0.25, -0.2) is 14.4 Å². The Morgan fingerprint density at radius 1 is 1.18 bits per heavy atom. The molecule has 0 aliphatic heterocycles. The summed E-state index contributed by atoms with van der Waals surface area (Å²) in [5.41, 5.74) is 7.26. The molecule has 17 heavy (non-hydrogen) atoms. The van der Waals surface area contributed by atoms with E-state index in [1.165, 1.54) is 17.4 Å². The van der Waals surface area contributed by atoms with Crippen molar-refractivity contribution in [3.8, 4) is 10.6 Å². The van der Waals surface area contributed by atoms with Gasteiger partial charge in [0.05, 0.1) is 5.69 Å². The molecule has 3 nitrogen and oxygen atoms in total. The number of fused-ring (bicyclic) bond motifs is 1. The first-order valence-corrected chi connectivity index (χ1v) is 5.83. The zero-order valence-electron chi connectivity index (χ0n) is 8.72. The van der Waals surface area contributed by atoms with Crippen LogP contribution in [0.15, 0.2) is 36.5 Å². The largest absolute Gasteiger partial charge is 0.396 e. The number of rotatable bonds is 1. The van der Waals surface area contributed by atoms with Gasteiger partial charge in [0.1, 0.15) is 21.2 Å². The van der Waals surface area contributed by atoms with Crippen LogP contribution >= 0.6 is 11.3 Å². The molecule has 2 heterocycles. The number of hydrogen-bond acceptors (Lipinski definition) is 4. The number of aromatic nitrogens is 2. The average Bonchev–Trinajstić information content (AvgIpc) is 2.76. The SMILES string of the molecule is Nc1c(F)cccc1-c1nc2cccnc2s1. The number of anilines is 1. The standard InChI is InChI=1S/C12H8FN3S/c13-8-4-1-3-7(10(8)14)11-16-9-5-2-6-15-12(9)17-11/h1-6H,14H2. The molecule has 84 valence electrons. The second-order valence-electron chi connectivity index (χ2n) is 3.55. The molecule has 0 saturated heterocycles. The summed E-state index contributed by atoms with van der Waals surface area (Å²) in [7, 11) is 0. The van der Waals surface area contributed by atoms with Crippen LogP contribution in [0.3, 0.4) is 0 Å². The Hall–Kier alpha value is -2.01. The molecule has 0 aliphatic rings. The third-order valence-corrected chi connectivity index (χ3v) is 3.46. The summed E-state index contributed by atoms with van der Waals surface area (Å²) >= 11 is 1.40. The highest BCUT2D eigenvalue weighted by molar-refractivity contribution is 7.21. The van der Waals surface area contributed by atoms with Gasteiger partial charge in [0.25, 0.3) is 0 Å². The number of nitrogen functional groups attached to an aromatic ring is 1. The van der Waals surface area contributed by atoms with E-state index in [1.54, 1.807) is 18.3 Å². The van der Waals surface area contributed by atoms with E-state index in [1.807, 2.05) is 12.1 Å². The summed E-state index contributed by atoms with van der Waals surface area (Å²) < 4.78 is 13.4. The van der Waals surface area contributed by atoms with Crippen molar-refractivity contribution in [1.82, 2.24) is 9.97 Å². The minimum atomic E-state index is -0.422. The number of nitrogens with zero attached hydrogens (tertiary/aromatic N) is 2. The van der Waals surface area contributed by atoms with Crippen molar-refractivity contribution in [2.45, 2.75) is 0 Å².